The van der Waals surface area contributed by atoms with E-state index in [-0.39, 0.29) is 28.0 Å². The van der Waals surface area contributed by atoms with Gasteiger partial charge in [-0.1, -0.05) is 32.0 Å². The Balaban J connectivity index is 1.51. The second kappa shape index (κ2) is 8.27. The fourth-order valence-electron chi connectivity index (χ4n) is 7.15. The van der Waals surface area contributed by atoms with Gasteiger partial charge in [-0.2, -0.15) is 17.6 Å². The summed E-state index contributed by atoms with van der Waals surface area (Å²) in [4.78, 5) is 12.7. The molecule has 0 aliphatic heterocycles. The average molecular weight is 558 g/mol. The van der Waals surface area contributed by atoms with Gasteiger partial charge in [-0.05, 0) is 79.3 Å². The van der Waals surface area contributed by atoms with Crippen LogP contribution in [0.3, 0.4) is 0 Å². The van der Waals surface area contributed by atoms with Crippen molar-refractivity contribution in [1.29, 1.82) is 0 Å². The van der Waals surface area contributed by atoms with E-state index in [1.165, 1.54) is 19.2 Å². The number of hydrogen-bond donors (Lipinski definition) is 0. The number of aromatic nitrogens is 3. The summed E-state index contributed by atoms with van der Waals surface area (Å²) in [5.41, 5.74) is 3.74. The van der Waals surface area contributed by atoms with Crippen molar-refractivity contribution in [2.24, 2.45) is 5.41 Å². The fraction of sp³-hybridized carbons (Fsp3) is 0.290. The third-order valence-corrected chi connectivity index (χ3v) is 10.4. The standard InChI is InChI=1S/C31H28FN3O4S/c1-19(2)28-27(30-16-31(17-30,18-30)29(36)39-3)24-14-25-20(13-26(24)34(28)22-11-9-21(32)10-12-22)15-33-35(25)40(37,38)23-7-5-4-6-8-23/h4-15,19H,16-18H2,1-3H3. The Morgan fingerprint density at radius 1 is 1.00 bits per heavy atom. The minimum absolute atomic E-state index is 0.100. The van der Waals surface area contributed by atoms with Gasteiger partial charge in [-0.15, -0.1) is 0 Å². The van der Waals surface area contributed by atoms with E-state index in [1.807, 2.05) is 12.1 Å². The number of benzene rings is 3. The van der Waals surface area contributed by atoms with Gasteiger partial charge in [-0.25, -0.2) is 4.39 Å². The Morgan fingerprint density at radius 3 is 2.30 bits per heavy atom. The zero-order chi connectivity index (χ0) is 28.0. The van der Waals surface area contributed by atoms with E-state index in [2.05, 4.69) is 23.5 Å². The summed E-state index contributed by atoms with van der Waals surface area (Å²) in [5, 5.41) is 5.91. The molecule has 204 valence electrons. The lowest BCUT2D eigenvalue weighted by Crippen LogP contribution is -2.68. The number of hydrogen-bond acceptors (Lipinski definition) is 5. The van der Waals surface area contributed by atoms with Gasteiger partial charge in [0, 0.05) is 27.6 Å². The van der Waals surface area contributed by atoms with Gasteiger partial charge >= 0.3 is 5.97 Å². The van der Waals surface area contributed by atoms with E-state index >= 15 is 0 Å². The first-order valence-electron chi connectivity index (χ1n) is 13.3. The molecule has 3 aliphatic rings. The van der Waals surface area contributed by atoms with Gasteiger partial charge in [0.15, 0.2) is 0 Å². The Labute approximate surface area is 231 Å². The van der Waals surface area contributed by atoms with Gasteiger partial charge in [-0.3, -0.25) is 4.79 Å². The number of esters is 1. The van der Waals surface area contributed by atoms with Crippen LogP contribution in [0.4, 0.5) is 4.39 Å². The molecule has 2 heterocycles. The highest BCUT2D eigenvalue weighted by atomic mass is 32.2. The van der Waals surface area contributed by atoms with Crippen molar-refractivity contribution >= 4 is 37.8 Å². The first kappa shape index (κ1) is 25.0. The molecule has 2 aromatic heterocycles. The lowest BCUT2D eigenvalue weighted by atomic mass is 9.33. The topological polar surface area (TPSA) is 83.2 Å². The van der Waals surface area contributed by atoms with Crippen molar-refractivity contribution in [1.82, 2.24) is 13.8 Å². The smallest absolute Gasteiger partial charge is 0.311 e. The third kappa shape index (κ3) is 3.24. The monoisotopic (exact) mass is 557 g/mol. The molecule has 0 spiro atoms. The summed E-state index contributed by atoms with van der Waals surface area (Å²) in [5.74, 6) is -0.388. The van der Waals surface area contributed by atoms with E-state index < -0.39 is 15.4 Å². The highest BCUT2D eigenvalue weighted by molar-refractivity contribution is 7.90. The largest absolute Gasteiger partial charge is 0.469 e. The van der Waals surface area contributed by atoms with Crippen molar-refractivity contribution in [3.05, 3.63) is 90.0 Å². The number of carbonyl (C=O) groups excluding carboxylic acids is 1. The van der Waals surface area contributed by atoms with E-state index in [4.69, 9.17) is 4.74 Å². The molecule has 0 saturated heterocycles. The fourth-order valence-corrected chi connectivity index (χ4v) is 8.44. The lowest BCUT2D eigenvalue weighted by molar-refractivity contribution is -0.197. The summed E-state index contributed by atoms with van der Waals surface area (Å²) in [6.45, 7) is 4.25. The molecule has 0 radical (unpaired) electrons. The van der Waals surface area contributed by atoms with E-state index in [0.29, 0.717) is 30.2 Å². The molecule has 7 nitrogen and oxygen atoms in total. The number of halogens is 1. The number of ether oxygens (including phenoxy) is 1. The van der Waals surface area contributed by atoms with Crippen molar-refractivity contribution in [3.63, 3.8) is 0 Å². The number of carbonyl (C=O) groups is 1. The Morgan fingerprint density at radius 2 is 1.68 bits per heavy atom. The van der Waals surface area contributed by atoms with Gasteiger partial charge in [0.2, 0.25) is 0 Å². The van der Waals surface area contributed by atoms with Gasteiger partial charge in [0.05, 0.1) is 34.7 Å². The van der Waals surface area contributed by atoms with Gasteiger partial charge < -0.3 is 9.30 Å². The number of rotatable bonds is 6. The molecule has 2 bridgehead atoms. The van der Waals surface area contributed by atoms with Crippen molar-refractivity contribution in [2.75, 3.05) is 7.11 Å². The quantitative estimate of drug-likeness (QED) is 0.237. The Kier molecular flexibility index (Phi) is 5.17. The predicted molar refractivity (Wildman–Crippen MR) is 150 cm³/mol. The Bertz CT molecular complexity index is 1920. The van der Waals surface area contributed by atoms with Crippen molar-refractivity contribution < 1.29 is 22.3 Å². The highest BCUT2D eigenvalue weighted by Gasteiger charge is 2.73. The molecule has 0 unspecified atom stereocenters. The maximum absolute atomic E-state index is 13.9. The molecule has 3 aliphatic carbocycles. The van der Waals surface area contributed by atoms with Gasteiger partial charge in [0.25, 0.3) is 10.0 Å². The summed E-state index contributed by atoms with van der Waals surface area (Å²) in [6, 6.07) is 18.6. The van der Waals surface area contributed by atoms with Crippen LogP contribution in [0.5, 0.6) is 0 Å². The molecule has 5 aromatic rings. The van der Waals surface area contributed by atoms with Crippen LogP contribution in [0.15, 0.2) is 77.8 Å². The lowest BCUT2D eigenvalue weighted by Gasteiger charge is -2.69. The number of nitrogens with zero attached hydrogens (tertiary/aromatic N) is 3. The van der Waals surface area contributed by atoms with E-state index in [9.17, 15) is 17.6 Å². The second-order valence-electron chi connectivity index (χ2n) is 11.5. The minimum atomic E-state index is -3.93. The van der Waals surface area contributed by atoms with Crippen LogP contribution < -0.4 is 0 Å². The van der Waals surface area contributed by atoms with Crippen LogP contribution in [-0.4, -0.2) is 35.2 Å². The molecule has 0 N–H and O–H groups in total. The molecule has 40 heavy (non-hydrogen) atoms. The first-order valence-corrected chi connectivity index (χ1v) is 14.8. The van der Waals surface area contributed by atoms with Crippen LogP contribution in [-0.2, 0) is 25.0 Å². The highest BCUT2D eigenvalue weighted by Crippen LogP contribution is 2.75. The molecule has 3 aromatic carbocycles. The van der Waals surface area contributed by atoms with Crippen molar-refractivity contribution in [2.45, 2.75) is 49.3 Å². The molecular formula is C31H28FN3O4S. The number of methoxy groups -OCH3 is 1. The van der Waals surface area contributed by atoms with Crippen LogP contribution in [0, 0.1) is 11.2 Å². The minimum Gasteiger partial charge on any atom is -0.469 e. The van der Waals surface area contributed by atoms with E-state index in [0.717, 1.165) is 31.9 Å². The molecule has 3 fully saturated rings. The SMILES string of the molecule is COC(=O)C12CC(c3c(C(C)C)n(-c4ccc(F)cc4)c4cc5cnn(S(=O)(=O)c6ccccc6)c5cc34)(C1)C2. The summed E-state index contributed by atoms with van der Waals surface area (Å²) >= 11 is 0. The molecule has 3 saturated carbocycles. The average Bonchev–Trinajstić information content (AvgIpc) is 3.46. The summed E-state index contributed by atoms with van der Waals surface area (Å²) in [7, 11) is -2.50. The molecule has 9 heteroatoms. The van der Waals surface area contributed by atoms with Crippen LogP contribution in [0.25, 0.3) is 27.5 Å². The summed E-state index contributed by atoms with van der Waals surface area (Å²) < 4.78 is 49.5. The normalized spacial score (nSPS) is 21.9. The maximum atomic E-state index is 13.9. The summed E-state index contributed by atoms with van der Waals surface area (Å²) in [6.07, 6.45) is 3.64. The van der Waals surface area contributed by atoms with Crippen LogP contribution >= 0.6 is 0 Å². The van der Waals surface area contributed by atoms with Crippen LogP contribution in [0.1, 0.15) is 50.3 Å². The third-order valence-electron chi connectivity index (χ3n) is 8.74. The number of fused-ring (bicyclic) bond motifs is 2. The van der Waals surface area contributed by atoms with Gasteiger partial charge in [0.1, 0.15) is 5.82 Å². The first-order chi connectivity index (χ1) is 19.1. The predicted octanol–water partition coefficient (Wildman–Crippen LogP) is 6.07. The Hall–Kier alpha value is -3.98. The zero-order valence-corrected chi connectivity index (χ0v) is 23.2. The maximum Gasteiger partial charge on any atom is 0.311 e. The molecular weight excluding hydrogens is 529 g/mol. The van der Waals surface area contributed by atoms with E-state index in [1.54, 1.807) is 48.7 Å². The van der Waals surface area contributed by atoms with Crippen LogP contribution in [0.2, 0.25) is 0 Å². The molecule has 0 atom stereocenters. The molecule has 8 rings (SSSR count). The molecule has 0 amide bonds. The van der Waals surface area contributed by atoms with Crippen molar-refractivity contribution in [3.8, 4) is 5.69 Å². The second-order valence-corrected chi connectivity index (χ2v) is 13.3. The zero-order valence-electron chi connectivity index (χ0n) is 22.4.